The van der Waals surface area contributed by atoms with Gasteiger partial charge in [-0.2, -0.15) is 4.39 Å². The Morgan fingerprint density at radius 1 is 1.38 bits per heavy atom. The highest BCUT2D eigenvalue weighted by Gasteiger charge is 2.25. The lowest BCUT2D eigenvalue weighted by Crippen LogP contribution is -2.11. The van der Waals surface area contributed by atoms with E-state index in [0.29, 0.717) is 18.6 Å². The van der Waals surface area contributed by atoms with Gasteiger partial charge in [0.05, 0.1) is 17.6 Å². The largest absolute Gasteiger partial charge is 0.462 e. The molecule has 5 nitrogen and oxygen atoms in total. The maximum Gasteiger partial charge on any atom is 0.341 e. The molecule has 1 aromatic carbocycles. The molecule has 0 aliphatic heterocycles. The number of hydrogen-bond donors (Lipinski definition) is 0. The second-order valence-corrected chi connectivity index (χ2v) is 5.04. The van der Waals surface area contributed by atoms with Crippen molar-refractivity contribution >= 4 is 23.0 Å². The van der Waals surface area contributed by atoms with E-state index in [1.165, 1.54) is 11.3 Å². The van der Waals surface area contributed by atoms with Crippen molar-refractivity contribution in [1.29, 1.82) is 0 Å². The summed E-state index contributed by atoms with van der Waals surface area (Å²) in [5.74, 6) is -3.61. The summed E-state index contributed by atoms with van der Waals surface area (Å²) in [4.78, 5) is 22.1. The molecule has 0 unspecified atom stereocenters. The normalized spacial score (nSPS) is 10.4. The molecule has 0 aliphatic carbocycles. The van der Waals surface area contributed by atoms with E-state index in [1.54, 1.807) is 0 Å². The topological polar surface area (TPSA) is 69.4 Å². The zero-order valence-corrected chi connectivity index (χ0v) is 11.4. The van der Waals surface area contributed by atoms with Gasteiger partial charge in [-0.15, -0.1) is 11.3 Å². The Hall–Kier alpha value is -2.35. The summed E-state index contributed by atoms with van der Waals surface area (Å²) in [6.07, 6.45) is 0.433. The number of nitrogens with zero attached hydrogens (tertiary/aromatic N) is 1. The van der Waals surface area contributed by atoms with Crippen LogP contribution in [0.1, 0.15) is 15.2 Å². The van der Waals surface area contributed by atoms with E-state index >= 15 is 0 Å². The smallest absolute Gasteiger partial charge is 0.341 e. The van der Waals surface area contributed by atoms with Crippen LogP contribution in [-0.4, -0.2) is 17.5 Å². The van der Waals surface area contributed by atoms with Crippen molar-refractivity contribution in [2.45, 2.75) is 6.42 Å². The van der Waals surface area contributed by atoms with Gasteiger partial charge in [-0.3, -0.25) is 10.1 Å². The first-order valence-corrected chi connectivity index (χ1v) is 6.70. The quantitative estimate of drug-likeness (QED) is 0.482. The first-order valence-electron chi connectivity index (χ1n) is 5.82. The molecule has 110 valence electrons. The van der Waals surface area contributed by atoms with E-state index in [-0.39, 0.29) is 6.61 Å². The van der Waals surface area contributed by atoms with Gasteiger partial charge in [0.1, 0.15) is 11.4 Å². The summed E-state index contributed by atoms with van der Waals surface area (Å²) >= 11 is 1.47. The zero-order chi connectivity index (χ0) is 15.4. The lowest BCUT2D eigenvalue weighted by Gasteiger charge is -2.05. The van der Waals surface area contributed by atoms with Crippen LogP contribution in [0.25, 0.3) is 0 Å². The Labute approximate surface area is 121 Å². The molecule has 0 atom stereocenters. The highest BCUT2D eigenvalue weighted by molar-refractivity contribution is 7.09. The van der Waals surface area contributed by atoms with Gasteiger partial charge in [0.25, 0.3) is 0 Å². The van der Waals surface area contributed by atoms with E-state index in [0.717, 1.165) is 4.88 Å². The predicted molar refractivity (Wildman–Crippen MR) is 71.3 cm³/mol. The molecule has 2 rings (SSSR count). The number of benzene rings is 1. The number of rotatable bonds is 5. The number of carbonyl (C=O) groups is 1. The maximum absolute atomic E-state index is 13.7. The molecule has 1 heterocycles. The first kappa shape index (κ1) is 15.0. The third-order valence-electron chi connectivity index (χ3n) is 2.60. The fraction of sp³-hybridized carbons (Fsp3) is 0.154. The third-order valence-corrected chi connectivity index (χ3v) is 3.53. The first-order chi connectivity index (χ1) is 9.99. The average Bonchev–Trinajstić information content (AvgIpc) is 2.93. The minimum absolute atomic E-state index is 0.0247. The van der Waals surface area contributed by atoms with Crippen molar-refractivity contribution in [3.63, 3.8) is 0 Å². The van der Waals surface area contributed by atoms with Crippen LogP contribution in [0, 0.1) is 21.7 Å². The minimum atomic E-state index is -1.40. The minimum Gasteiger partial charge on any atom is -0.462 e. The van der Waals surface area contributed by atoms with Gasteiger partial charge < -0.3 is 4.74 Å². The average molecular weight is 313 g/mol. The number of carbonyl (C=O) groups excluding carboxylic acids is 1. The maximum atomic E-state index is 13.7. The van der Waals surface area contributed by atoms with Gasteiger partial charge in [0.2, 0.25) is 5.82 Å². The summed E-state index contributed by atoms with van der Waals surface area (Å²) in [6, 6.07) is 4.66. The van der Waals surface area contributed by atoms with Gasteiger partial charge in [-0.1, -0.05) is 6.07 Å². The van der Waals surface area contributed by atoms with Gasteiger partial charge >= 0.3 is 11.7 Å². The lowest BCUT2D eigenvalue weighted by atomic mass is 10.2. The van der Waals surface area contributed by atoms with Gasteiger partial charge in [0, 0.05) is 11.3 Å². The molecule has 2 aromatic rings. The van der Waals surface area contributed by atoms with Crippen molar-refractivity contribution in [2.75, 3.05) is 6.61 Å². The molecule has 1 aromatic heterocycles. The number of nitro groups is 1. The van der Waals surface area contributed by atoms with Gasteiger partial charge in [-0.25, -0.2) is 9.18 Å². The molecule has 0 saturated heterocycles. The van der Waals surface area contributed by atoms with E-state index in [2.05, 4.69) is 0 Å². The number of ether oxygens (including phenoxy) is 1. The summed E-state index contributed by atoms with van der Waals surface area (Å²) in [5.41, 5.74) is -1.88. The van der Waals surface area contributed by atoms with Gasteiger partial charge in [-0.05, 0) is 17.5 Å². The van der Waals surface area contributed by atoms with Crippen LogP contribution in [0.15, 0.2) is 29.6 Å². The Morgan fingerprint density at radius 2 is 2.14 bits per heavy atom. The number of halogens is 2. The molecule has 0 N–H and O–H groups in total. The molecule has 0 aliphatic rings. The fourth-order valence-corrected chi connectivity index (χ4v) is 2.32. The molecular formula is C13H9F2NO4S. The Bertz CT molecular complexity index is 673. The van der Waals surface area contributed by atoms with Crippen LogP contribution in [0.2, 0.25) is 0 Å². The molecule has 0 bridgehead atoms. The highest BCUT2D eigenvalue weighted by Crippen LogP contribution is 2.23. The second-order valence-electron chi connectivity index (χ2n) is 4.01. The van der Waals surface area contributed by atoms with Crippen molar-refractivity contribution < 1.29 is 23.2 Å². The van der Waals surface area contributed by atoms with Crippen LogP contribution in [0.5, 0.6) is 0 Å². The van der Waals surface area contributed by atoms with Crippen molar-refractivity contribution in [3.05, 3.63) is 61.8 Å². The molecule has 8 heteroatoms. The standard InChI is InChI=1S/C13H9F2NO4S/c14-8-6-10(12(15)11(7-8)16(18)19)13(17)20-4-3-9-2-1-5-21-9/h1-2,5-7H,3-4H2. The molecule has 0 spiro atoms. The predicted octanol–water partition coefficient (Wildman–Crippen LogP) is 3.33. The monoisotopic (exact) mass is 313 g/mol. The molecule has 0 radical (unpaired) electrons. The highest BCUT2D eigenvalue weighted by atomic mass is 32.1. The fourth-order valence-electron chi connectivity index (χ4n) is 1.63. The van der Waals surface area contributed by atoms with Crippen LogP contribution in [0.4, 0.5) is 14.5 Å². The summed E-state index contributed by atoms with van der Waals surface area (Å²) in [6.45, 7) is -0.0247. The SMILES string of the molecule is O=C(OCCc1cccs1)c1cc(F)cc([N+](=O)[O-])c1F. The van der Waals surface area contributed by atoms with Gasteiger partial charge in [0.15, 0.2) is 0 Å². The Kier molecular flexibility index (Phi) is 4.59. The molecule has 21 heavy (non-hydrogen) atoms. The van der Waals surface area contributed by atoms with E-state index < -0.39 is 33.8 Å². The van der Waals surface area contributed by atoms with Crippen LogP contribution >= 0.6 is 11.3 Å². The second kappa shape index (κ2) is 6.40. The zero-order valence-electron chi connectivity index (χ0n) is 10.5. The van der Waals surface area contributed by atoms with Crippen molar-refractivity contribution in [1.82, 2.24) is 0 Å². The number of nitro benzene ring substituents is 1. The van der Waals surface area contributed by atoms with Crippen molar-refractivity contribution in [2.24, 2.45) is 0 Å². The number of esters is 1. The third kappa shape index (κ3) is 3.60. The summed E-state index contributed by atoms with van der Waals surface area (Å²) < 4.78 is 31.8. The lowest BCUT2D eigenvalue weighted by molar-refractivity contribution is -0.387. The van der Waals surface area contributed by atoms with Crippen LogP contribution in [-0.2, 0) is 11.2 Å². The number of hydrogen-bond acceptors (Lipinski definition) is 5. The molecule has 0 saturated carbocycles. The van der Waals surface area contributed by atoms with E-state index in [4.69, 9.17) is 4.74 Å². The Morgan fingerprint density at radius 3 is 2.76 bits per heavy atom. The Balaban J connectivity index is 2.10. The van der Waals surface area contributed by atoms with Crippen molar-refractivity contribution in [3.8, 4) is 0 Å². The van der Waals surface area contributed by atoms with E-state index in [9.17, 15) is 23.7 Å². The summed E-state index contributed by atoms with van der Waals surface area (Å²) in [5, 5.41) is 12.4. The van der Waals surface area contributed by atoms with E-state index in [1.807, 2.05) is 17.5 Å². The molecule has 0 fully saturated rings. The molecular weight excluding hydrogens is 304 g/mol. The van der Waals surface area contributed by atoms with Crippen LogP contribution < -0.4 is 0 Å². The summed E-state index contributed by atoms with van der Waals surface area (Å²) in [7, 11) is 0. The number of thiophene rings is 1. The molecule has 0 amide bonds. The van der Waals surface area contributed by atoms with Crippen LogP contribution in [0.3, 0.4) is 0 Å².